The number of benzene rings is 1. The number of anilines is 2. The SMILES string of the molecule is Fc1cccc(N2CCCN(c3nccn4cnnc34)CC2)c1F. The van der Waals surface area contributed by atoms with Crippen LogP contribution >= 0.6 is 0 Å². The van der Waals surface area contributed by atoms with E-state index in [1.807, 2.05) is 9.30 Å². The monoisotopic (exact) mass is 330 g/mol. The molecule has 24 heavy (non-hydrogen) atoms. The van der Waals surface area contributed by atoms with E-state index in [4.69, 9.17) is 0 Å². The Morgan fingerprint density at radius 1 is 1.00 bits per heavy atom. The predicted molar refractivity (Wildman–Crippen MR) is 86.2 cm³/mol. The van der Waals surface area contributed by atoms with E-state index in [2.05, 4.69) is 20.1 Å². The molecule has 1 aliphatic heterocycles. The van der Waals surface area contributed by atoms with Gasteiger partial charge in [0.2, 0.25) is 5.65 Å². The maximum absolute atomic E-state index is 14.0. The molecule has 0 N–H and O–H groups in total. The predicted octanol–water partition coefficient (Wildman–Crippen LogP) is 2.12. The van der Waals surface area contributed by atoms with Crippen LogP contribution in [0, 0.1) is 11.6 Å². The zero-order chi connectivity index (χ0) is 16.5. The molecule has 3 heterocycles. The second-order valence-corrected chi connectivity index (χ2v) is 5.71. The van der Waals surface area contributed by atoms with E-state index in [9.17, 15) is 8.78 Å². The molecule has 1 aliphatic rings. The summed E-state index contributed by atoms with van der Waals surface area (Å²) in [5.74, 6) is -0.844. The first-order valence-corrected chi connectivity index (χ1v) is 7.82. The Bertz CT molecular complexity index is 865. The Balaban J connectivity index is 1.58. The van der Waals surface area contributed by atoms with E-state index in [0.29, 0.717) is 31.0 Å². The molecule has 0 aliphatic carbocycles. The van der Waals surface area contributed by atoms with Crippen molar-refractivity contribution in [1.29, 1.82) is 0 Å². The molecular formula is C16H16F2N6. The number of hydrogen-bond donors (Lipinski definition) is 0. The number of hydrogen-bond acceptors (Lipinski definition) is 5. The molecule has 1 fully saturated rings. The van der Waals surface area contributed by atoms with Crippen molar-refractivity contribution in [3.63, 3.8) is 0 Å². The van der Waals surface area contributed by atoms with Gasteiger partial charge in [-0.3, -0.25) is 4.40 Å². The van der Waals surface area contributed by atoms with Crippen molar-refractivity contribution < 1.29 is 8.78 Å². The van der Waals surface area contributed by atoms with E-state index in [1.165, 1.54) is 6.07 Å². The number of aromatic nitrogens is 4. The van der Waals surface area contributed by atoms with Crippen molar-refractivity contribution in [3.8, 4) is 0 Å². The molecule has 0 radical (unpaired) electrons. The summed E-state index contributed by atoms with van der Waals surface area (Å²) in [6.07, 6.45) is 5.95. The van der Waals surface area contributed by atoms with Crippen molar-refractivity contribution in [3.05, 3.63) is 48.6 Å². The second kappa shape index (κ2) is 6.03. The lowest BCUT2D eigenvalue weighted by molar-refractivity contribution is 0.506. The van der Waals surface area contributed by atoms with Gasteiger partial charge in [0, 0.05) is 38.6 Å². The highest BCUT2D eigenvalue weighted by molar-refractivity contribution is 5.63. The smallest absolute Gasteiger partial charge is 0.203 e. The summed E-state index contributed by atoms with van der Waals surface area (Å²) in [5.41, 5.74) is 1.01. The normalized spacial score (nSPS) is 15.8. The minimum absolute atomic E-state index is 0.311. The fraction of sp³-hybridized carbons (Fsp3) is 0.312. The van der Waals surface area contributed by atoms with Gasteiger partial charge in [-0.05, 0) is 18.6 Å². The third kappa shape index (κ3) is 2.53. The Morgan fingerprint density at radius 3 is 2.75 bits per heavy atom. The van der Waals surface area contributed by atoms with Crippen LogP contribution in [0.2, 0.25) is 0 Å². The molecule has 0 bridgehead atoms. The van der Waals surface area contributed by atoms with Crippen molar-refractivity contribution in [1.82, 2.24) is 19.6 Å². The molecule has 2 aromatic heterocycles. The molecule has 8 heteroatoms. The van der Waals surface area contributed by atoms with Crippen LogP contribution in [0.5, 0.6) is 0 Å². The third-order valence-electron chi connectivity index (χ3n) is 4.26. The topological polar surface area (TPSA) is 49.6 Å². The molecule has 3 aromatic rings. The number of rotatable bonds is 2. The van der Waals surface area contributed by atoms with Crippen LogP contribution in [-0.4, -0.2) is 45.8 Å². The lowest BCUT2D eigenvalue weighted by Crippen LogP contribution is -2.32. The third-order valence-corrected chi connectivity index (χ3v) is 4.26. The highest BCUT2D eigenvalue weighted by atomic mass is 19.2. The highest BCUT2D eigenvalue weighted by Gasteiger charge is 2.21. The van der Waals surface area contributed by atoms with Crippen molar-refractivity contribution >= 4 is 17.2 Å². The highest BCUT2D eigenvalue weighted by Crippen LogP contribution is 2.24. The molecule has 4 rings (SSSR count). The van der Waals surface area contributed by atoms with Crippen molar-refractivity contribution in [2.75, 3.05) is 36.0 Å². The van der Waals surface area contributed by atoms with E-state index in [-0.39, 0.29) is 0 Å². The van der Waals surface area contributed by atoms with E-state index < -0.39 is 11.6 Å². The standard InChI is InChI=1S/C16H16F2N6/c17-12-3-1-4-13(14(12)18)22-6-2-7-23(10-9-22)15-16-21-20-11-24(16)8-5-19-15/h1,3-5,8,11H,2,6-7,9-10H2. The molecule has 0 spiro atoms. The molecule has 124 valence electrons. The summed E-state index contributed by atoms with van der Waals surface area (Å²) in [4.78, 5) is 8.41. The molecule has 1 aromatic carbocycles. The number of halogens is 2. The number of nitrogens with zero attached hydrogens (tertiary/aromatic N) is 6. The second-order valence-electron chi connectivity index (χ2n) is 5.71. The van der Waals surface area contributed by atoms with Gasteiger partial charge in [-0.2, -0.15) is 0 Å². The van der Waals surface area contributed by atoms with Crippen molar-refractivity contribution in [2.24, 2.45) is 0 Å². The maximum Gasteiger partial charge on any atom is 0.203 e. The van der Waals surface area contributed by atoms with Gasteiger partial charge >= 0.3 is 0 Å². The van der Waals surface area contributed by atoms with Gasteiger partial charge in [-0.25, -0.2) is 13.8 Å². The van der Waals surface area contributed by atoms with Crippen LogP contribution in [0.15, 0.2) is 36.9 Å². The molecule has 0 unspecified atom stereocenters. The lowest BCUT2D eigenvalue weighted by Gasteiger charge is -2.24. The van der Waals surface area contributed by atoms with Gasteiger partial charge in [0.05, 0.1) is 5.69 Å². The van der Waals surface area contributed by atoms with E-state index >= 15 is 0 Å². The van der Waals surface area contributed by atoms with Crippen LogP contribution in [0.1, 0.15) is 6.42 Å². The minimum atomic E-state index is -0.816. The Kier molecular flexibility index (Phi) is 3.72. The maximum atomic E-state index is 14.0. The first kappa shape index (κ1) is 14.8. The summed E-state index contributed by atoms with van der Waals surface area (Å²) in [7, 11) is 0. The van der Waals surface area contributed by atoms with Gasteiger partial charge < -0.3 is 9.80 Å². The Labute approximate surface area is 137 Å². The van der Waals surface area contributed by atoms with E-state index in [1.54, 1.807) is 24.8 Å². The Morgan fingerprint density at radius 2 is 1.83 bits per heavy atom. The molecule has 0 saturated carbocycles. The summed E-state index contributed by atoms with van der Waals surface area (Å²) in [5, 5.41) is 8.02. The molecular weight excluding hydrogens is 314 g/mol. The zero-order valence-corrected chi connectivity index (χ0v) is 12.9. The summed E-state index contributed by atoms with van der Waals surface area (Å²) >= 11 is 0. The largest absolute Gasteiger partial charge is 0.367 e. The van der Waals surface area contributed by atoms with Crippen LogP contribution in [0.4, 0.5) is 20.3 Å². The van der Waals surface area contributed by atoms with Gasteiger partial charge in [0.1, 0.15) is 6.33 Å². The first-order valence-electron chi connectivity index (χ1n) is 7.82. The van der Waals surface area contributed by atoms with Gasteiger partial charge in [-0.15, -0.1) is 10.2 Å². The average molecular weight is 330 g/mol. The molecule has 1 saturated heterocycles. The van der Waals surface area contributed by atoms with Gasteiger partial charge in [0.25, 0.3) is 0 Å². The van der Waals surface area contributed by atoms with Gasteiger partial charge in [0.15, 0.2) is 17.5 Å². The van der Waals surface area contributed by atoms with Crippen LogP contribution in [0.25, 0.3) is 5.65 Å². The average Bonchev–Trinajstić information content (AvgIpc) is 2.95. The summed E-state index contributed by atoms with van der Waals surface area (Å²) < 4.78 is 29.3. The van der Waals surface area contributed by atoms with Crippen LogP contribution < -0.4 is 9.80 Å². The zero-order valence-electron chi connectivity index (χ0n) is 12.9. The molecule has 0 atom stereocenters. The quantitative estimate of drug-likeness (QED) is 0.720. The number of fused-ring (bicyclic) bond motifs is 1. The molecule has 0 amide bonds. The summed E-state index contributed by atoms with van der Waals surface area (Å²) in [6.45, 7) is 2.66. The minimum Gasteiger partial charge on any atom is -0.367 e. The first-order chi connectivity index (χ1) is 11.7. The fourth-order valence-electron chi connectivity index (χ4n) is 3.08. The van der Waals surface area contributed by atoms with E-state index in [0.717, 1.165) is 24.8 Å². The fourth-order valence-corrected chi connectivity index (χ4v) is 3.08. The van der Waals surface area contributed by atoms with Crippen LogP contribution in [-0.2, 0) is 0 Å². The summed E-state index contributed by atoms with van der Waals surface area (Å²) in [6, 6.07) is 4.29. The molecule has 6 nitrogen and oxygen atoms in total. The lowest BCUT2D eigenvalue weighted by atomic mass is 10.2. The van der Waals surface area contributed by atoms with Gasteiger partial charge in [-0.1, -0.05) is 6.07 Å². The van der Waals surface area contributed by atoms with Crippen LogP contribution in [0.3, 0.4) is 0 Å². The Hall–Kier alpha value is -2.77. The van der Waals surface area contributed by atoms with Crippen molar-refractivity contribution in [2.45, 2.75) is 6.42 Å².